The Labute approximate surface area is 88.3 Å². The number of hydrogen-bond donors (Lipinski definition) is 1. The molecule has 1 aromatic rings. The molecule has 0 spiro atoms. The number of rotatable bonds is 4. The van der Waals surface area contributed by atoms with E-state index >= 15 is 0 Å². The van der Waals surface area contributed by atoms with E-state index in [2.05, 4.69) is 0 Å². The Morgan fingerprint density at radius 1 is 1.57 bits per heavy atom. The predicted octanol–water partition coefficient (Wildman–Crippen LogP) is 2.81. The van der Waals surface area contributed by atoms with Gasteiger partial charge >= 0.3 is 0 Å². The van der Waals surface area contributed by atoms with Gasteiger partial charge in [-0.15, -0.1) is 11.8 Å². The minimum Gasteiger partial charge on any atom is -0.508 e. The van der Waals surface area contributed by atoms with Gasteiger partial charge in [-0.25, -0.2) is 0 Å². The minimum atomic E-state index is 0.0865. The summed E-state index contributed by atoms with van der Waals surface area (Å²) in [5.74, 6) is 0.370. The molecule has 1 atom stereocenters. The zero-order chi connectivity index (χ0) is 10.6. The van der Waals surface area contributed by atoms with Crippen LogP contribution < -0.4 is 0 Å². The standard InChI is InChI=1S/C11H14O2S/c1-8(5-6-12)10-4-3-9(14-2)7-11(10)13/h3-4,6-8,13H,5H2,1-2H3. The van der Waals surface area contributed by atoms with Crippen LogP contribution in [0, 0.1) is 0 Å². The van der Waals surface area contributed by atoms with Gasteiger partial charge in [-0.3, -0.25) is 0 Å². The first-order valence-electron chi connectivity index (χ1n) is 4.49. The first-order chi connectivity index (χ1) is 6.69. The maximum atomic E-state index is 10.3. The number of phenols is 1. The van der Waals surface area contributed by atoms with Crippen molar-refractivity contribution in [3.05, 3.63) is 23.8 Å². The predicted molar refractivity (Wildman–Crippen MR) is 59.0 cm³/mol. The van der Waals surface area contributed by atoms with Gasteiger partial charge in [0.2, 0.25) is 0 Å². The molecule has 0 saturated carbocycles. The molecule has 0 radical (unpaired) electrons. The summed E-state index contributed by atoms with van der Waals surface area (Å²) in [7, 11) is 0. The van der Waals surface area contributed by atoms with Crippen molar-refractivity contribution in [2.75, 3.05) is 6.26 Å². The fraction of sp³-hybridized carbons (Fsp3) is 0.364. The van der Waals surface area contributed by atoms with Crippen LogP contribution >= 0.6 is 11.8 Å². The van der Waals surface area contributed by atoms with Crippen LogP contribution in [0.5, 0.6) is 5.75 Å². The molecule has 0 heterocycles. The van der Waals surface area contributed by atoms with Gasteiger partial charge in [-0.05, 0) is 29.9 Å². The van der Waals surface area contributed by atoms with Gasteiger partial charge in [0.05, 0.1) is 0 Å². The van der Waals surface area contributed by atoms with Gasteiger partial charge in [-0.2, -0.15) is 0 Å². The maximum absolute atomic E-state index is 10.3. The van der Waals surface area contributed by atoms with Crippen LogP contribution in [0.2, 0.25) is 0 Å². The molecule has 1 aromatic carbocycles. The van der Waals surface area contributed by atoms with Gasteiger partial charge in [0.15, 0.2) is 0 Å². The molecule has 0 fully saturated rings. The van der Waals surface area contributed by atoms with Crippen molar-refractivity contribution in [2.45, 2.75) is 24.2 Å². The third-order valence-corrected chi connectivity index (χ3v) is 2.94. The number of carbonyl (C=O) groups is 1. The molecule has 0 aliphatic rings. The van der Waals surface area contributed by atoms with Crippen LogP contribution in [0.15, 0.2) is 23.1 Å². The highest BCUT2D eigenvalue weighted by molar-refractivity contribution is 7.98. The number of hydrogen-bond acceptors (Lipinski definition) is 3. The number of aldehydes is 1. The monoisotopic (exact) mass is 210 g/mol. The lowest BCUT2D eigenvalue weighted by Gasteiger charge is -2.11. The molecule has 76 valence electrons. The van der Waals surface area contributed by atoms with Crippen LogP contribution in [0.1, 0.15) is 24.8 Å². The molecule has 3 heteroatoms. The molecule has 1 unspecified atom stereocenters. The highest BCUT2D eigenvalue weighted by atomic mass is 32.2. The van der Waals surface area contributed by atoms with Crippen molar-refractivity contribution in [2.24, 2.45) is 0 Å². The molecule has 0 aliphatic carbocycles. The number of carbonyl (C=O) groups excluding carboxylic acids is 1. The molecule has 0 aromatic heterocycles. The van der Waals surface area contributed by atoms with E-state index in [1.165, 1.54) is 0 Å². The number of thioether (sulfide) groups is 1. The third-order valence-electron chi connectivity index (χ3n) is 2.22. The molecule has 1 rings (SSSR count). The zero-order valence-corrected chi connectivity index (χ0v) is 9.17. The Balaban J connectivity index is 2.93. The fourth-order valence-corrected chi connectivity index (χ4v) is 1.77. The normalized spacial score (nSPS) is 12.4. The van der Waals surface area contributed by atoms with Crippen molar-refractivity contribution in [3.8, 4) is 5.75 Å². The maximum Gasteiger partial charge on any atom is 0.120 e. The van der Waals surface area contributed by atoms with Gasteiger partial charge in [0.25, 0.3) is 0 Å². The van der Waals surface area contributed by atoms with E-state index in [9.17, 15) is 9.90 Å². The highest BCUT2D eigenvalue weighted by Crippen LogP contribution is 2.30. The van der Waals surface area contributed by atoms with E-state index in [0.717, 1.165) is 16.7 Å². The van der Waals surface area contributed by atoms with E-state index in [-0.39, 0.29) is 11.7 Å². The van der Waals surface area contributed by atoms with Crippen molar-refractivity contribution >= 4 is 18.0 Å². The third kappa shape index (κ3) is 2.51. The molecule has 0 aliphatic heterocycles. The topological polar surface area (TPSA) is 37.3 Å². The van der Waals surface area contributed by atoms with Crippen molar-refractivity contribution in [3.63, 3.8) is 0 Å². The number of benzene rings is 1. The molecular formula is C11H14O2S. The molecule has 1 N–H and O–H groups in total. The first kappa shape index (κ1) is 11.1. The summed E-state index contributed by atoms with van der Waals surface area (Å²) in [5, 5.41) is 9.69. The molecular weight excluding hydrogens is 196 g/mol. The second-order valence-corrected chi connectivity index (χ2v) is 4.11. The summed E-state index contributed by atoms with van der Waals surface area (Å²) >= 11 is 1.59. The quantitative estimate of drug-likeness (QED) is 0.613. The average Bonchev–Trinajstić information content (AvgIpc) is 2.17. The van der Waals surface area contributed by atoms with E-state index in [0.29, 0.717) is 6.42 Å². The Hall–Kier alpha value is -0.960. The summed E-state index contributed by atoms with van der Waals surface area (Å²) in [6.07, 6.45) is 3.29. The van der Waals surface area contributed by atoms with Crippen LogP contribution in [0.3, 0.4) is 0 Å². The Morgan fingerprint density at radius 3 is 2.79 bits per heavy atom. The number of phenolic OH excluding ortho intramolecular Hbond substituents is 1. The first-order valence-corrected chi connectivity index (χ1v) is 5.72. The van der Waals surface area contributed by atoms with Crippen molar-refractivity contribution in [1.82, 2.24) is 0 Å². The van der Waals surface area contributed by atoms with Gasteiger partial charge < -0.3 is 9.90 Å². The Bertz CT molecular complexity index is 323. The lowest BCUT2D eigenvalue weighted by Crippen LogP contribution is -1.94. The zero-order valence-electron chi connectivity index (χ0n) is 8.36. The van der Waals surface area contributed by atoms with Gasteiger partial charge in [0, 0.05) is 11.3 Å². The second kappa shape index (κ2) is 5.05. The molecule has 0 saturated heterocycles. The molecule has 14 heavy (non-hydrogen) atoms. The van der Waals surface area contributed by atoms with Gasteiger partial charge in [-0.1, -0.05) is 13.0 Å². The summed E-state index contributed by atoms with van der Waals surface area (Å²) in [6.45, 7) is 1.93. The molecule has 2 nitrogen and oxygen atoms in total. The van der Waals surface area contributed by atoms with E-state index in [1.54, 1.807) is 17.8 Å². The summed E-state index contributed by atoms with van der Waals surface area (Å²) < 4.78 is 0. The summed E-state index contributed by atoms with van der Waals surface area (Å²) in [6, 6.07) is 5.58. The number of aromatic hydroxyl groups is 1. The SMILES string of the molecule is CSc1ccc(C(C)CC=O)c(O)c1. The Morgan fingerprint density at radius 2 is 2.29 bits per heavy atom. The van der Waals surface area contributed by atoms with E-state index in [4.69, 9.17) is 0 Å². The van der Waals surface area contributed by atoms with Crippen molar-refractivity contribution in [1.29, 1.82) is 0 Å². The largest absolute Gasteiger partial charge is 0.508 e. The van der Waals surface area contributed by atoms with Crippen molar-refractivity contribution < 1.29 is 9.90 Å². The van der Waals surface area contributed by atoms with Crippen LogP contribution in [-0.4, -0.2) is 17.6 Å². The van der Waals surface area contributed by atoms with Crippen LogP contribution in [-0.2, 0) is 4.79 Å². The summed E-state index contributed by atoms with van der Waals surface area (Å²) in [5.41, 5.74) is 0.843. The van der Waals surface area contributed by atoms with E-state index in [1.807, 2.05) is 25.3 Å². The Kier molecular flexibility index (Phi) is 4.01. The smallest absolute Gasteiger partial charge is 0.120 e. The van der Waals surface area contributed by atoms with Gasteiger partial charge in [0.1, 0.15) is 12.0 Å². The van der Waals surface area contributed by atoms with Crippen LogP contribution in [0.4, 0.5) is 0 Å². The lowest BCUT2D eigenvalue weighted by atomic mass is 9.98. The van der Waals surface area contributed by atoms with Crippen LogP contribution in [0.25, 0.3) is 0 Å². The minimum absolute atomic E-state index is 0.0865. The summed E-state index contributed by atoms with van der Waals surface area (Å²) in [4.78, 5) is 11.4. The lowest BCUT2D eigenvalue weighted by molar-refractivity contribution is -0.108. The molecule has 0 bridgehead atoms. The average molecular weight is 210 g/mol. The van der Waals surface area contributed by atoms with E-state index < -0.39 is 0 Å². The fourth-order valence-electron chi connectivity index (χ4n) is 1.34. The molecule has 0 amide bonds. The highest BCUT2D eigenvalue weighted by Gasteiger charge is 2.09. The second-order valence-electron chi connectivity index (χ2n) is 3.23.